The molecule has 1 aromatic heterocycles. The summed E-state index contributed by atoms with van der Waals surface area (Å²) in [5, 5.41) is 3.52. The number of aromatic nitrogens is 1. The van der Waals surface area contributed by atoms with Crippen LogP contribution in [-0.4, -0.2) is 54.5 Å². The number of likely N-dealkylation sites (tertiary alicyclic amines) is 1. The number of thiazole rings is 1. The van der Waals surface area contributed by atoms with Crippen LogP contribution in [0.25, 0.3) is 11.3 Å². The van der Waals surface area contributed by atoms with Crippen LogP contribution in [0, 0.1) is 12.8 Å². The number of nitrogens with two attached hydrogens (primary N) is 1. The normalized spacial score (nSPS) is 19.0. The monoisotopic (exact) mass is 416 g/mol. The molecule has 3 N–H and O–H groups in total. The number of primary amides is 1. The lowest BCUT2D eigenvalue weighted by Gasteiger charge is -2.30. The summed E-state index contributed by atoms with van der Waals surface area (Å²) in [6.45, 7) is 4.58. The molecule has 2 aromatic rings. The van der Waals surface area contributed by atoms with Crippen molar-refractivity contribution in [3.8, 4) is 22.8 Å². The van der Waals surface area contributed by atoms with E-state index in [1.165, 1.54) is 11.3 Å². The number of amides is 2. The Labute approximate surface area is 173 Å². The highest BCUT2D eigenvalue weighted by Gasteiger charge is 2.27. The number of carbonyl (C=O) groups is 2. The van der Waals surface area contributed by atoms with Crippen molar-refractivity contribution in [2.24, 2.45) is 11.7 Å². The average Bonchev–Trinajstić information content (AvgIpc) is 3.07. The van der Waals surface area contributed by atoms with Crippen LogP contribution in [0.3, 0.4) is 0 Å². The van der Waals surface area contributed by atoms with Crippen molar-refractivity contribution >= 4 is 28.3 Å². The third-order valence-electron chi connectivity index (χ3n) is 5.10. The number of piperidine rings is 1. The molecule has 1 atom stereocenters. The molecule has 0 aliphatic carbocycles. The number of anilines is 1. The molecule has 29 heavy (non-hydrogen) atoms. The van der Waals surface area contributed by atoms with Crippen molar-refractivity contribution in [1.82, 2.24) is 9.88 Å². The molecule has 0 saturated carbocycles. The van der Waals surface area contributed by atoms with Crippen LogP contribution >= 0.6 is 11.3 Å². The van der Waals surface area contributed by atoms with Gasteiger partial charge in [-0.3, -0.25) is 14.5 Å². The highest BCUT2D eigenvalue weighted by molar-refractivity contribution is 7.16. The molecule has 0 radical (unpaired) electrons. The fourth-order valence-corrected chi connectivity index (χ4v) is 4.59. The van der Waals surface area contributed by atoms with Crippen LogP contribution in [0.5, 0.6) is 11.5 Å². The Morgan fingerprint density at radius 2 is 2.10 bits per heavy atom. The standard InChI is InChI=1S/C20H24N4O4S/c1-12-18(13-4-5-15-16(9-13)28-8-7-27-15)22-20(29-12)23-19(26)14-3-2-6-24(10-14)11-17(21)25/h4-5,9,14H,2-3,6-8,10-11H2,1H3,(H2,21,25)(H,22,23,26). The van der Waals surface area contributed by atoms with Crippen LogP contribution in [0.4, 0.5) is 5.13 Å². The Bertz CT molecular complexity index is 929. The summed E-state index contributed by atoms with van der Waals surface area (Å²) in [5.41, 5.74) is 7.02. The minimum Gasteiger partial charge on any atom is -0.486 e. The zero-order chi connectivity index (χ0) is 20.4. The maximum Gasteiger partial charge on any atom is 0.231 e. The Morgan fingerprint density at radius 3 is 2.90 bits per heavy atom. The number of nitrogens with zero attached hydrogens (tertiary/aromatic N) is 2. The van der Waals surface area contributed by atoms with Crippen molar-refractivity contribution in [3.05, 3.63) is 23.1 Å². The summed E-state index contributed by atoms with van der Waals surface area (Å²) in [7, 11) is 0. The maximum absolute atomic E-state index is 12.7. The van der Waals surface area contributed by atoms with Crippen LogP contribution in [0.1, 0.15) is 17.7 Å². The van der Waals surface area contributed by atoms with Gasteiger partial charge in [-0.25, -0.2) is 4.98 Å². The summed E-state index contributed by atoms with van der Waals surface area (Å²) in [6.07, 6.45) is 1.66. The number of rotatable bonds is 5. The first-order chi connectivity index (χ1) is 14.0. The van der Waals surface area contributed by atoms with E-state index in [9.17, 15) is 9.59 Å². The molecule has 0 bridgehead atoms. The van der Waals surface area contributed by atoms with E-state index < -0.39 is 0 Å². The van der Waals surface area contributed by atoms with Gasteiger partial charge in [0.25, 0.3) is 0 Å². The van der Waals surface area contributed by atoms with Crippen LogP contribution in [0.15, 0.2) is 18.2 Å². The van der Waals surface area contributed by atoms with Crippen molar-refractivity contribution in [2.45, 2.75) is 19.8 Å². The second-order valence-electron chi connectivity index (χ2n) is 7.31. The number of aryl methyl sites for hydroxylation is 1. The van der Waals surface area contributed by atoms with Gasteiger partial charge < -0.3 is 20.5 Å². The Balaban J connectivity index is 1.45. The highest BCUT2D eigenvalue weighted by Crippen LogP contribution is 2.37. The SMILES string of the molecule is Cc1sc(NC(=O)C2CCCN(CC(N)=O)C2)nc1-c1ccc2c(c1)OCCO2. The van der Waals surface area contributed by atoms with E-state index in [2.05, 4.69) is 10.3 Å². The molecular formula is C20H24N4O4S. The van der Waals surface area contributed by atoms with E-state index in [4.69, 9.17) is 15.2 Å². The van der Waals surface area contributed by atoms with E-state index in [-0.39, 0.29) is 24.3 Å². The number of ether oxygens (including phenoxy) is 2. The molecule has 9 heteroatoms. The zero-order valence-electron chi connectivity index (χ0n) is 16.3. The Morgan fingerprint density at radius 1 is 1.31 bits per heavy atom. The molecule has 3 heterocycles. The quantitative estimate of drug-likeness (QED) is 0.772. The van der Waals surface area contributed by atoms with E-state index in [1.54, 1.807) is 0 Å². The van der Waals surface area contributed by atoms with Gasteiger partial charge in [0.2, 0.25) is 11.8 Å². The lowest BCUT2D eigenvalue weighted by Crippen LogP contribution is -2.44. The molecule has 1 saturated heterocycles. The van der Waals surface area contributed by atoms with E-state index >= 15 is 0 Å². The second-order valence-corrected chi connectivity index (χ2v) is 8.52. The molecule has 1 fully saturated rings. The van der Waals surface area contributed by atoms with Gasteiger partial charge in [0.15, 0.2) is 16.6 Å². The van der Waals surface area contributed by atoms with Gasteiger partial charge in [-0.1, -0.05) is 0 Å². The van der Waals surface area contributed by atoms with Gasteiger partial charge in [-0.2, -0.15) is 0 Å². The summed E-state index contributed by atoms with van der Waals surface area (Å²) >= 11 is 1.45. The van der Waals surface area contributed by atoms with Crippen molar-refractivity contribution in [3.63, 3.8) is 0 Å². The molecule has 8 nitrogen and oxygen atoms in total. The van der Waals surface area contributed by atoms with Gasteiger partial charge in [-0.15, -0.1) is 11.3 Å². The number of carbonyl (C=O) groups excluding carboxylic acids is 2. The number of benzene rings is 1. The first-order valence-corrected chi connectivity index (χ1v) is 10.5. The predicted octanol–water partition coefficient (Wildman–Crippen LogP) is 2.03. The average molecular weight is 417 g/mol. The fourth-order valence-electron chi connectivity index (χ4n) is 3.75. The van der Waals surface area contributed by atoms with Gasteiger partial charge in [0.05, 0.1) is 18.2 Å². The van der Waals surface area contributed by atoms with E-state index in [0.717, 1.165) is 41.3 Å². The van der Waals surface area contributed by atoms with Crippen molar-refractivity contribution < 1.29 is 19.1 Å². The molecule has 2 aliphatic heterocycles. The van der Waals surface area contributed by atoms with Crippen LogP contribution in [-0.2, 0) is 9.59 Å². The lowest BCUT2D eigenvalue weighted by atomic mass is 9.97. The zero-order valence-corrected chi connectivity index (χ0v) is 17.1. The minimum atomic E-state index is -0.370. The second kappa shape index (κ2) is 8.38. The number of fused-ring (bicyclic) bond motifs is 1. The summed E-state index contributed by atoms with van der Waals surface area (Å²) in [4.78, 5) is 31.5. The van der Waals surface area contributed by atoms with E-state index in [0.29, 0.717) is 30.6 Å². The maximum atomic E-state index is 12.7. The lowest BCUT2D eigenvalue weighted by molar-refractivity contribution is -0.124. The first kappa shape index (κ1) is 19.7. The summed E-state index contributed by atoms with van der Waals surface area (Å²) < 4.78 is 11.2. The van der Waals surface area contributed by atoms with Gasteiger partial charge in [-0.05, 0) is 44.5 Å². The smallest absolute Gasteiger partial charge is 0.231 e. The van der Waals surface area contributed by atoms with Gasteiger partial charge in [0.1, 0.15) is 13.2 Å². The molecule has 2 amide bonds. The fraction of sp³-hybridized carbons (Fsp3) is 0.450. The van der Waals surface area contributed by atoms with Gasteiger partial charge in [0, 0.05) is 17.0 Å². The van der Waals surface area contributed by atoms with Gasteiger partial charge >= 0.3 is 0 Å². The highest BCUT2D eigenvalue weighted by atomic mass is 32.1. The molecular weight excluding hydrogens is 392 g/mol. The van der Waals surface area contributed by atoms with Crippen LogP contribution < -0.4 is 20.5 Å². The predicted molar refractivity (Wildman–Crippen MR) is 110 cm³/mol. The van der Waals surface area contributed by atoms with E-state index in [1.807, 2.05) is 30.0 Å². The molecule has 0 spiro atoms. The van der Waals surface area contributed by atoms with Crippen molar-refractivity contribution in [1.29, 1.82) is 0 Å². The minimum absolute atomic E-state index is 0.0679. The largest absolute Gasteiger partial charge is 0.486 e. The number of nitrogens with one attached hydrogen (secondary N) is 1. The summed E-state index contributed by atoms with van der Waals surface area (Å²) in [6, 6.07) is 5.76. The molecule has 2 aliphatic rings. The topological polar surface area (TPSA) is 107 Å². The Hall–Kier alpha value is -2.65. The third kappa shape index (κ3) is 4.51. The third-order valence-corrected chi connectivity index (χ3v) is 5.98. The van der Waals surface area contributed by atoms with Crippen molar-refractivity contribution in [2.75, 3.05) is 38.2 Å². The summed E-state index contributed by atoms with van der Waals surface area (Å²) in [5.74, 6) is 0.833. The molecule has 4 rings (SSSR count). The Kier molecular flexibility index (Phi) is 5.68. The molecule has 154 valence electrons. The number of hydrogen-bond acceptors (Lipinski definition) is 7. The first-order valence-electron chi connectivity index (χ1n) is 9.68. The molecule has 1 unspecified atom stereocenters. The molecule has 1 aromatic carbocycles. The number of hydrogen-bond donors (Lipinski definition) is 2. The van der Waals surface area contributed by atoms with Crippen LogP contribution in [0.2, 0.25) is 0 Å².